The van der Waals surface area contributed by atoms with Gasteiger partial charge in [-0.3, -0.25) is 4.79 Å². The minimum atomic E-state index is 0.0101. The topological polar surface area (TPSA) is 69.2 Å². The van der Waals surface area contributed by atoms with E-state index in [2.05, 4.69) is 27.6 Å². The lowest BCUT2D eigenvalue weighted by Crippen LogP contribution is -2.45. The van der Waals surface area contributed by atoms with E-state index < -0.39 is 0 Å². The van der Waals surface area contributed by atoms with Crippen LogP contribution in [0.15, 0.2) is 35.3 Å². The first kappa shape index (κ1) is 21.9. The smallest absolute Gasteiger partial charge is 0.241 e. The fourth-order valence-electron chi connectivity index (χ4n) is 2.20. The van der Waals surface area contributed by atoms with E-state index in [1.807, 2.05) is 30.3 Å². The van der Waals surface area contributed by atoms with Crippen molar-refractivity contribution < 1.29 is 9.53 Å². The molecule has 1 aromatic rings. The zero-order valence-corrected chi connectivity index (χ0v) is 16.5. The average Bonchev–Trinajstić information content (AvgIpc) is 2.64. The molecule has 2 N–H and O–H groups in total. The van der Waals surface area contributed by atoms with Crippen molar-refractivity contribution in [1.82, 2.24) is 20.4 Å². The second kappa shape index (κ2) is 13.1. The Bertz CT molecular complexity index is 534. The molecule has 0 heterocycles. The highest BCUT2D eigenvalue weighted by Crippen LogP contribution is 1.99. The summed E-state index contributed by atoms with van der Waals surface area (Å²) in [5.41, 5.74) is 1.13. The Morgan fingerprint density at radius 2 is 1.85 bits per heavy atom. The van der Waals surface area contributed by atoms with Crippen molar-refractivity contribution in [1.29, 1.82) is 0 Å². The van der Waals surface area contributed by atoms with E-state index in [0.717, 1.165) is 38.2 Å². The van der Waals surface area contributed by atoms with Crippen LogP contribution in [0.1, 0.15) is 12.0 Å². The van der Waals surface area contributed by atoms with Gasteiger partial charge in [-0.1, -0.05) is 30.3 Å². The Balaban J connectivity index is 2.50. The lowest BCUT2D eigenvalue weighted by atomic mass is 10.2. The van der Waals surface area contributed by atoms with Crippen molar-refractivity contribution in [3.8, 4) is 0 Å². The van der Waals surface area contributed by atoms with Gasteiger partial charge in [-0.2, -0.15) is 0 Å². The highest BCUT2D eigenvalue weighted by Gasteiger charge is 2.06. The molecule has 26 heavy (non-hydrogen) atoms. The fourth-order valence-corrected chi connectivity index (χ4v) is 2.20. The molecule has 0 saturated carbocycles. The Morgan fingerprint density at radius 3 is 2.50 bits per heavy atom. The normalized spacial score (nSPS) is 11.5. The predicted molar refractivity (Wildman–Crippen MR) is 106 cm³/mol. The third-order valence-electron chi connectivity index (χ3n) is 3.84. The van der Waals surface area contributed by atoms with Crippen LogP contribution in [0.5, 0.6) is 0 Å². The van der Waals surface area contributed by atoms with E-state index in [1.165, 1.54) is 0 Å². The zero-order chi connectivity index (χ0) is 19.2. The molecule has 1 rings (SSSR count). The summed E-state index contributed by atoms with van der Waals surface area (Å²) in [6.07, 6.45) is 1.01. The second-order valence-corrected chi connectivity index (χ2v) is 6.37. The maximum absolute atomic E-state index is 11.8. The third kappa shape index (κ3) is 10.0. The standard InChI is InChI=1S/C19H33N5O2/c1-23(2)18(25)16-22-19(21-15-17-9-6-5-7-10-17)20-11-13-24(3)12-8-14-26-4/h5-7,9-10H,8,11-16H2,1-4H3,(H2,20,21,22). The van der Waals surface area contributed by atoms with Gasteiger partial charge in [0.2, 0.25) is 5.91 Å². The summed E-state index contributed by atoms with van der Waals surface area (Å²) < 4.78 is 5.08. The number of ether oxygens (including phenoxy) is 1. The number of nitrogens with one attached hydrogen (secondary N) is 2. The number of guanidine groups is 1. The summed E-state index contributed by atoms with van der Waals surface area (Å²) in [5.74, 6) is 0.658. The Morgan fingerprint density at radius 1 is 1.12 bits per heavy atom. The van der Waals surface area contributed by atoms with Crippen LogP contribution in [0, 0.1) is 0 Å². The van der Waals surface area contributed by atoms with Crippen molar-refractivity contribution in [3.05, 3.63) is 35.9 Å². The molecule has 1 aromatic carbocycles. The number of hydrogen-bond acceptors (Lipinski definition) is 4. The van der Waals surface area contributed by atoms with Gasteiger partial charge in [0, 0.05) is 47.4 Å². The molecule has 0 bridgehead atoms. The third-order valence-corrected chi connectivity index (χ3v) is 3.84. The minimum absolute atomic E-state index is 0.0101. The van der Waals surface area contributed by atoms with Crippen molar-refractivity contribution in [2.45, 2.75) is 13.0 Å². The summed E-state index contributed by atoms with van der Waals surface area (Å²) >= 11 is 0. The number of aliphatic imine (C=N–C) groups is 1. The van der Waals surface area contributed by atoms with Crippen LogP contribution in [0.4, 0.5) is 0 Å². The Labute approximate surface area is 157 Å². The van der Waals surface area contributed by atoms with Crippen LogP contribution in [0.25, 0.3) is 0 Å². The number of carbonyl (C=O) groups excluding carboxylic acids is 1. The van der Waals surface area contributed by atoms with Crippen LogP contribution in [0.3, 0.4) is 0 Å². The highest BCUT2D eigenvalue weighted by molar-refractivity contribution is 5.86. The number of benzene rings is 1. The number of hydrogen-bond donors (Lipinski definition) is 2. The van der Waals surface area contributed by atoms with Gasteiger partial charge in [0.25, 0.3) is 0 Å². The van der Waals surface area contributed by atoms with Crippen LogP contribution in [-0.2, 0) is 16.1 Å². The van der Waals surface area contributed by atoms with E-state index >= 15 is 0 Å². The number of amides is 1. The predicted octanol–water partition coefficient (Wildman–Crippen LogP) is 0.778. The summed E-state index contributed by atoms with van der Waals surface area (Å²) in [6, 6.07) is 10.1. The molecule has 1 amide bonds. The first-order valence-electron chi connectivity index (χ1n) is 8.96. The lowest BCUT2D eigenvalue weighted by Gasteiger charge is -2.19. The quantitative estimate of drug-likeness (QED) is 0.345. The number of methoxy groups -OCH3 is 1. The molecule has 0 spiro atoms. The van der Waals surface area contributed by atoms with Gasteiger partial charge in [-0.25, -0.2) is 4.99 Å². The largest absolute Gasteiger partial charge is 0.385 e. The van der Waals surface area contributed by atoms with E-state index in [-0.39, 0.29) is 12.5 Å². The summed E-state index contributed by atoms with van der Waals surface area (Å²) in [4.78, 5) is 20.2. The van der Waals surface area contributed by atoms with Gasteiger partial charge in [0.05, 0.1) is 13.1 Å². The minimum Gasteiger partial charge on any atom is -0.385 e. The molecule has 0 aliphatic rings. The average molecular weight is 364 g/mol. The van der Waals surface area contributed by atoms with Crippen LogP contribution >= 0.6 is 0 Å². The Hall–Kier alpha value is -2.12. The summed E-state index contributed by atoms with van der Waals surface area (Å²) in [7, 11) is 7.29. The van der Waals surface area contributed by atoms with Crippen molar-refractivity contribution in [2.75, 3.05) is 61.0 Å². The van der Waals surface area contributed by atoms with Crippen LogP contribution in [0.2, 0.25) is 0 Å². The van der Waals surface area contributed by atoms with E-state index in [9.17, 15) is 4.79 Å². The van der Waals surface area contributed by atoms with Crippen LogP contribution in [-0.4, -0.2) is 82.7 Å². The molecule has 7 heteroatoms. The van der Waals surface area contributed by atoms with E-state index in [4.69, 9.17) is 4.74 Å². The maximum atomic E-state index is 11.8. The van der Waals surface area contributed by atoms with E-state index in [1.54, 1.807) is 26.1 Å². The van der Waals surface area contributed by atoms with Crippen molar-refractivity contribution >= 4 is 11.9 Å². The summed E-state index contributed by atoms with van der Waals surface area (Å²) in [5, 5.41) is 6.41. The lowest BCUT2D eigenvalue weighted by molar-refractivity contribution is -0.127. The molecule has 0 aliphatic heterocycles. The molecule has 0 atom stereocenters. The van der Waals surface area contributed by atoms with Gasteiger partial charge >= 0.3 is 0 Å². The fraction of sp³-hybridized carbons (Fsp3) is 0.579. The highest BCUT2D eigenvalue weighted by atomic mass is 16.5. The molecule has 0 unspecified atom stereocenters. The summed E-state index contributed by atoms with van der Waals surface area (Å²) in [6.45, 7) is 4.18. The SMILES string of the molecule is COCCCN(C)CCNC(=NCc1ccccc1)NCC(=O)N(C)C. The zero-order valence-electron chi connectivity index (χ0n) is 16.5. The number of nitrogens with zero attached hydrogens (tertiary/aromatic N) is 3. The molecule has 0 fully saturated rings. The molecule has 146 valence electrons. The van der Waals surface area contributed by atoms with Gasteiger partial charge < -0.3 is 25.2 Å². The molecular formula is C19H33N5O2. The molecule has 0 saturated heterocycles. The first-order chi connectivity index (χ1) is 12.5. The Kier molecular flexibility index (Phi) is 11.1. The molecular weight excluding hydrogens is 330 g/mol. The van der Waals surface area contributed by atoms with Crippen molar-refractivity contribution in [3.63, 3.8) is 0 Å². The molecule has 7 nitrogen and oxygen atoms in total. The van der Waals surface area contributed by atoms with Crippen molar-refractivity contribution in [2.24, 2.45) is 4.99 Å². The number of likely N-dealkylation sites (N-methyl/N-ethyl adjacent to an activating group) is 2. The second-order valence-electron chi connectivity index (χ2n) is 6.37. The van der Waals surface area contributed by atoms with Gasteiger partial charge in [0.1, 0.15) is 0 Å². The monoisotopic (exact) mass is 363 g/mol. The maximum Gasteiger partial charge on any atom is 0.241 e. The van der Waals surface area contributed by atoms with E-state index in [0.29, 0.717) is 12.5 Å². The number of carbonyl (C=O) groups is 1. The van der Waals surface area contributed by atoms with Gasteiger partial charge in [-0.05, 0) is 19.0 Å². The van der Waals surface area contributed by atoms with Crippen LogP contribution < -0.4 is 10.6 Å². The molecule has 0 radical (unpaired) electrons. The molecule has 0 aliphatic carbocycles. The molecule has 0 aromatic heterocycles. The first-order valence-corrected chi connectivity index (χ1v) is 8.96. The van der Waals surface area contributed by atoms with Gasteiger partial charge in [0.15, 0.2) is 5.96 Å². The van der Waals surface area contributed by atoms with Gasteiger partial charge in [-0.15, -0.1) is 0 Å². The number of rotatable bonds is 11.